The quantitative estimate of drug-likeness (QED) is 0.601. The molecule has 0 aliphatic carbocycles. The van der Waals surface area contributed by atoms with Crippen LogP contribution in [0.3, 0.4) is 0 Å². The van der Waals surface area contributed by atoms with Gasteiger partial charge < -0.3 is 5.32 Å². The number of aromatic nitrogens is 3. The highest BCUT2D eigenvalue weighted by atomic mass is 19.1. The van der Waals surface area contributed by atoms with Crippen LogP contribution < -0.4 is 5.32 Å². The van der Waals surface area contributed by atoms with Crippen LogP contribution in [-0.2, 0) is 0 Å². The van der Waals surface area contributed by atoms with Gasteiger partial charge in [0, 0.05) is 5.56 Å². The Bertz CT molecular complexity index is 1090. The van der Waals surface area contributed by atoms with Crippen LogP contribution >= 0.6 is 0 Å². The third-order valence-electron chi connectivity index (χ3n) is 4.39. The molecule has 1 aromatic heterocycles. The van der Waals surface area contributed by atoms with Gasteiger partial charge in [-0.05, 0) is 48.9 Å². The van der Waals surface area contributed by atoms with Gasteiger partial charge in [0.1, 0.15) is 11.3 Å². The average Bonchev–Trinajstić information content (AvgIpc) is 3.11. The van der Waals surface area contributed by atoms with Crippen LogP contribution in [0.1, 0.15) is 27.7 Å². The number of benzene rings is 3. The number of nitrogens with one attached hydrogen (secondary N) is 1. The van der Waals surface area contributed by atoms with E-state index in [1.807, 2.05) is 55.5 Å². The van der Waals surface area contributed by atoms with E-state index in [-0.39, 0.29) is 11.7 Å². The number of halogens is 1. The van der Waals surface area contributed by atoms with Crippen molar-refractivity contribution in [2.45, 2.75) is 13.1 Å². The molecule has 1 amide bonds. The van der Waals surface area contributed by atoms with Gasteiger partial charge in [0.15, 0.2) is 6.17 Å². The number of carbonyl (C=O) groups excluding carboxylic acids is 1. The van der Waals surface area contributed by atoms with Crippen molar-refractivity contribution in [2.24, 2.45) is 0 Å². The van der Waals surface area contributed by atoms with Crippen molar-refractivity contribution in [2.75, 3.05) is 0 Å². The molecule has 1 heterocycles. The third kappa shape index (κ3) is 3.42. The minimum Gasteiger partial charge on any atom is -0.326 e. The Labute approximate surface area is 155 Å². The van der Waals surface area contributed by atoms with E-state index in [0.29, 0.717) is 5.56 Å². The van der Waals surface area contributed by atoms with Gasteiger partial charge in [-0.3, -0.25) is 4.79 Å². The van der Waals surface area contributed by atoms with Crippen LogP contribution in [0.4, 0.5) is 4.39 Å². The number of fused-ring (bicyclic) bond motifs is 1. The predicted octanol–water partition coefficient (Wildman–Crippen LogP) is 3.86. The summed E-state index contributed by atoms with van der Waals surface area (Å²) in [5.41, 5.74) is 3.91. The number of rotatable bonds is 4. The fourth-order valence-electron chi connectivity index (χ4n) is 2.92. The van der Waals surface area contributed by atoms with E-state index in [2.05, 4.69) is 15.6 Å². The average molecular weight is 360 g/mol. The molecule has 6 heteroatoms. The molecule has 0 radical (unpaired) electrons. The highest BCUT2D eigenvalue weighted by Gasteiger charge is 2.21. The summed E-state index contributed by atoms with van der Waals surface area (Å²) in [6.07, 6.45) is -0.546. The van der Waals surface area contributed by atoms with Gasteiger partial charge in [0.05, 0.1) is 5.52 Å². The Morgan fingerprint density at radius 1 is 1.00 bits per heavy atom. The van der Waals surface area contributed by atoms with E-state index in [0.717, 1.165) is 22.2 Å². The van der Waals surface area contributed by atoms with Crippen molar-refractivity contribution in [3.8, 4) is 0 Å². The largest absolute Gasteiger partial charge is 0.326 e. The Morgan fingerprint density at radius 2 is 1.70 bits per heavy atom. The number of carbonyl (C=O) groups is 1. The summed E-state index contributed by atoms with van der Waals surface area (Å²) in [6, 6.07) is 20.8. The summed E-state index contributed by atoms with van der Waals surface area (Å²) in [4.78, 5) is 12.7. The zero-order valence-electron chi connectivity index (χ0n) is 14.6. The number of aryl methyl sites for hydroxylation is 1. The van der Waals surface area contributed by atoms with Crippen LogP contribution in [0.25, 0.3) is 11.0 Å². The van der Waals surface area contributed by atoms with Crippen molar-refractivity contribution < 1.29 is 9.18 Å². The second-order valence-corrected chi connectivity index (χ2v) is 6.32. The van der Waals surface area contributed by atoms with Crippen LogP contribution in [0.15, 0.2) is 72.8 Å². The van der Waals surface area contributed by atoms with Gasteiger partial charge in [0.2, 0.25) is 0 Å². The summed E-state index contributed by atoms with van der Waals surface area (Å²) in [6.45, 7) is 2.00. The lowest BCUT2D eigenvalue weighted by Crippen LogP contribution is -2.34. The van der Waals surface area contributed by atoms with Gasteiger partial charge in [-0.2, -0.15) is 0 Å². The number of para-hydroxylation sites is 1. The molecule has 0 saturated carbocycles. The van der Waals surface area contributed by atoms with Crippen LogP contribution in [0.5, 0.6) is 0 Å². The van der Waals surface area contributed by atoms with E-state index >= 15 is 0 Å². The van der Waals surface area contributed by atoms with E-state index in [4.69, 9.17) is 0 Å². The summed E-state index contributed by atoms with van der Waals surface area (Å²) in [7, 11) is 0. The zero-order chi connectivity index (χ0) is 18.8. The van der Waals surface area contributed by atoms with Gasteiger partial charge in [-0.15, -0.1) is 5.10 Å². The van der Waals surface area contributed by atoms with Crippen LogP contribution in [-0.4, -0.2) is 20.9 Å². The fourth-order valence-corrected chi connectivity index (χ4v) is 2.92. The number of nitrogens with zero attached hydrogens (tertiary/aromatic N) is 3. The predicted molar refractivity (Wildman–Crippen MR) is 101 cm³/mol. The highest BCUT2D eigenvalue weighted by Crippen LogP contribution is 2.21. The molecular weight excluding hydrogens is 343 g/mol. The number of amides is 1. The zero-order valence-corrected chi connectivity index (χ0v) is 14.6. The van der Waals surface area contributed by atoms with Crippen molar-refractivity contribution in [1.29, 1.82) is 0 Å². The number of hydrogen-bond donors (Lipinski definition) is 1. The molecule has 0 aliphatic rings. The SMILES string of the molecule is Cc1ccc([C@@H](NC(=O)c2ccc(F)cc2)n2nnc3ccccc32)cc1. The Kier molecular flexibility index (Phi) is 4.38. The molecule has 27 heavy (non-hydrogen) atoms. The third-order valence-corrected chi connectivity index (χ3v) is 4.39. The second kappa shape index (κ2) is 6.99. The van der Waals surface area contributed by atoms with E-state index in [1.165, 1.54) is 24.3 Å². The maximum absolute atomic E-state index is 13.2. The molecule has 0 saturated heterocycles. The molecule has 4 rings (SSSR count). The van der Waals surface area contributed by atoms with Gasteiger partial charge in [-0.1, -0.05) is 47.2 Å². The minimum atomic E-state index is -0.546. The van der Waals surface area contributed by atoms with Gasteiger partial charge in [-0.25, -0.2) is 9.07 Å². The molecular formula is C21H17FN4O. The van der Waals surface area contributed by atoms with Crippen molar-refractivity contribution >= 4 is 16.9 Å². The Morgan fingerprint density at radius 3 is 2.44 bits per heavy atom. The van der Waals surface area contributed by atoms with E-state index in [9.17, 15) is 9.18 Å². The monoisotopic (exact) mass is 360 g/mol. The first-order valence-electron chi connectivity index (χ1n) is 8.55. The van der Waals surface area contributed by atoms with Gasteiger partial charge >= 0.3 is 0 Å². The molecule has 4 aromatic rings. The molecule has 5 nitrogen and oxygen atoms in total. The molecule has 3 aromatic carbocycles. The molecule has 1 atom stereocenters. The Hall–Kier alpha value is -3.54. The fraction of sp³-hybridized carbons (Fsp3) is 0.0952. The lowest BCUT2D eigenvalue weighted by atomic mass is 10.1. The molecule has 0 unspecified atom stereocenters. The first kappa shape index (κ1) is 16.9. The smallest absolute Gasteiger partial charge is 0.253 e. The second-order valence-electron chi connectivity index (χ2n) is 6.32. The summed E-state index contributed by atoms with van der Waals surface area (Å²) < 4.78 is 14.8. The molecule has 0 aliphatic heterocycles. The minimum absolute atomic E-state index is 0.319. The van der Waals surface area contributed by atoms with Crippen LogP contribution in [0, 0.1) is 12.7 Å². The molecule has 0 fully saturated rings. The Balaban J connectivity index is 1.75. The summed E-state index contributed by atoms with van der Waals surface area (Å²) >= 11 is 0. The molecule has 0 spiro atoms. The van der Waals surface area contributed by atoms with Crippen molar-refractivity contribution in [3.63, 3.8) is 0 Å². The van der Waals surface area contributed by atoms with E-state index in [1.54, 1.807) is 4.68 Å². The first-order valence-corrected chi connectivity index (χ1v) is 8.55. The molecule has 134 valence electrons. The topological polar surface area (TPSA) is 59.8 Å². The molecule has 1 N–H and O–H groups in total. The molecule has 0 bridgehead atoms. The first-order chi connectivity index (χ1) is 13.1. The highest BCUT2D eigenvalue weighted by molar-refractivity contribution is 5.94. The van der Waals surface area contributed by atoms with Crippen molar-refractivity contribution in [3.05, 3.63) is 95.3 Å². The lowest BCUT2D eigenvalue weighted by molar-refractivity contribution is 0.0927. The summed E-state index contributed by atoms with van der Waals surface area (Å²) in [5.74, 6) is -0.705. The summed E-state index contributed by atoms with van der Waals surface area (Å²) in [5, 5.41) is 11.4. The van der Waals surface area contributed by atoms with Crippen molar-refractivity contribution in [1.82, 2.24) is 20.3 Å². The maximum Gasteiger partial charge on any atom is 0.253 e. The van der Waals surface area contributed by atoms with Gasteiger partial charge in [0.25, 0.3) is 5.91 Å². The maximum atomic E-state index is 13.2. The standard InChI is InChI=1S/C21H17FN4O/c1-14-6-8-15(9-7-14)20(23-21(27)16-10-12-17(22)13-11-16)26-19-5-3-2-4-18(19)24-25-26/h2-13,20H,1H3,(H,23,27)/t20-/m0/s1. The lowest BCUT2D eigenvalue weighted by Gasteiger charge is -2.20. The van der Waals surface area contributed by atoms with E-state index < -0.39 is 6.17 Å². The normalized spacial score (nSPS) is 12.1. The number of hydrogen-bond acceptors (Lipinski definition) is 3. The van der Waals surface area contributed by atoms with Crippen LogP contribution in [0.2, 0.25) is 0 Å².